The monoisotopic (exact) mass is 303 g/mol. The summed E-state index contributed by atoms with van der Waals surface area (Å²) in [5.74, 6) is -1.94. The van der Waals surface area contributed by atoms with Crippen LogP contribution in [0.4, 0.5) is 0 Å². The van der Waals surface area contributed by atoms with Crippen molar-refractivity contribution >= 4 is 11.9 Å². The van der Waals surface area contributed by atoms with Crippen molar-refractivity contribution in [1.82, 2.24) is 5.32 Å². The van der Waals surface area contributed by atoms with Crippen LogP contribution in [0.25, 0.3) is 0 Å². The van der Waals surface area contributed by atoms with Gasteiger partial charge >= 0.3 is 5.97 Å². The Kier molecular flexibility index (Phi) is 5.99. The molecule has 1 fully saturated rings. The molecule has 0 bridgehead atoms. The highest BCUT2D eigenvalue weighted by molar-refractivity contribution is 5.97. The molecular weight excluding hydrogens is 278 g/mol. The molecule has 2 N–H and O–H groups in total. The molecule has 1 saturated carbocycles. The smallest absolute Gasteiger partial charge is 0.316 e. The van der Waals surface area contributed by atoms with Crippen molar-refractivity contribution in [1.29, 1.82) is 0 Å². The predicted molar refractivity (Wildman–Crippen MR) is 85.3 cm³/mol. The minimum absolute atomic E-state index is 0.179. The molecule has 1 aromatic rings. The summed E-state index contributed by atoms with van der Waals surface area (Å²) < 4.78 is 0. The molecular formula is C18H25NO3. The van der Waals surface area contributed by atoms with E-state index < -0.39 is 11.9 Å². The minimum atomic E-state index is -1.01. The number of carbonyl (C=O) groups excluding carboxylic acids is 1. The maximum absolute atomic E-state index is 12.4. The lowest BCUT2D eigenvalue weighted by Crippen LogP contribution is -2.38. The van der Waals surface area contributed by atoms with Crippen LogP contribution < -0.4 is 5.32 Å². The molecule has 2 unspecified atom stereocenters. The Morgan fingerprint density at radius 2 is 1.82 bits per heavy atom. The molecule has 0 aliphatic heterocycles. The summed E-state index contributed by atoms with van der Waals surface area (Å²) in [4.78, 5) is 23.8. The van der Waals surface area contributed by atoms with Gasteiger partial charge in [-0.3, -0.25) is 9.59 Å². The predicted octanol–water partition coefficient (Wildman–Crippen LogP) is 3.54. The van der Waals surface area contributed by atoms with Gasteiger partial charge in [-0.1, -0.05) is 62.4 Å². The van der Waals surface area contributed by atoms with Gasteiger partial charge in [-0.05, 0) is 24.8 Å². The SMILES string of the molecule is CC(NC(=O)C(CC1CCCCC1)C(=O)O)c1ccccc1. The van der Waals surface area contributed by atoms with Gasteiger partial charge in [0.1, 0.15) is 5.92 Å². The molecule has 120 valence electrons. The summed E-state index contributed by atoms with van der Waals surface area (Å²) in [6.45, 7) is 1.88. The molecule has 0 radical (unpaired) electrons. The van der Waals surface area contributed by atoms with E-state index >= 15 is 0 Å². The molecule has 1 amide bonds. The fourth-order valence-electron chi connectivity index (χ4n) is 3.22. The first kappa shape index (κ1) is 16.5. The zero-order chi connectivity index (χ0) is 15.9. The van der Waals surface area contributed by atoms with Gasteiger partial charge in [-0.15, -0.1) is 0 Å². The molecule has 2 atom stereocenters. The molecule has 0 heterocycles. The zero-order valence-corrected chi connectivity index (χ0v) is 13.1. The molecule has 1 aliphatic carbocycles. The third kappa shape index (κ3) is 4.58. The normalized spacial score (nSPS) is 18.4. The molecule has 0 spiro atoms. The van der Waals surface area contributed by atoms with E-state index in [2.05, 4.69) is 5.32 Å². The van der Waals surface area contributed by atoms with Crippen LogP contribution in [-0.4, -0.2) is 17.0 Å². The summed E-state index contributed by atoms with van der Waals surface area (Å²) in [5.41, 5.74) is 0.984. The van der Waals surface area contributed by atoms with E-state index in [0.717, 1.165) is 31.2 Å². The number of hydrogen-bond acceptors (Lipinski definition) is 2. The number of benzene rings is 1. The summed E-state index contributed by atoms with van der Waals surface area (Å²) in [6, 6.07) is 9.43. The van der Waals surface area contributed by atoms with Gasteiger partial charge in [0.05, 0.1) is 6.04 Å². The molecule has 1 aromatic carbocycles. The number of aliphatic carboxylic acids is 1. The second-order valence-electron chi connectivity index (χ2n) is 6.27. The van der Waals surface area contributed by atoms with Crippen LogP contribution in [0.2, 0.25) is 0 Å². The Bertz CT molecular complexity index is 494. The summed E-state index contributed by atoms with van der Waals surface area (Å²) in [7, 11) is 0. The minimum Gasteiger partial charge on any atom is -0.481 e. The Morgan fingerprint density at radius 3 is 2.41 bits per heavy atom. The van der Waals surface area contributed by atoms with Crippen molar-refractivity contribution in [3.05, 3.63) is 35.9 Å². The van der Waals surface area contributed by atoms with Gasteiger partial charge < -0.3 is 10.4 Å². The van der Waals surface area contributed by atoms with Crippen molar-refractivity contribution in [3.8, 4) is 0 Å². The first-order chi connectivity index (χ1) is 10.6. The topological polar surface area (TPSA) is 66.4 Å². The quantitative estimate of drug-likeness (QED) is 0.790. The van der Waals surface area contributed by atoms with Gasteiger partial charge in [0.15, 0.2) is 0 Å². The highest BCUT2D eigenvalue weighted by Crippen LogP contribution is 2.29. The van der Waals surface area contributed by atoms with Gasteiger partial charge in [-0.2, -0.15) is 0 Å². The van der Waals surface area contributed by atoms with Crippen LogP contribution in [0.5, 0.6) is 0 Å². The first-order valence-corrected chi connectivity index (χ1v) is 8.16. The van der Waals surface area contributed by atoms with E-state index in [1.165, 1.54) is 6.42 Å². The Labute approximate surface area is 131 Å². The van der Waals surface area contributed by atoms with Gasteiger partial charge in [-0.25, -0.2) is 0 Å². The van der Waals surface area contributed by atoms with Crippen LogP contribution in [0.15, 0.2) is 30.3 Å². The third-order valence-corrected chi connectivity index (χ3v) is 4.57. The van der Waals surface area contributed by atoms with E-state index in [-0.39, 0.29) is 11.9 Å². The van der Waals surface area contributed by atoms with Crippen LogP contribution in [0, 0.1) is 11.8 Å². The van der Waals surface area contributed by atoms with E-state index in [4.69, 9.17) is 0 Å². The largest absolute Gasteiger partial charge is 0.481 e. The zero-order valence-electron chi connectivity index (χ0n) is 13.1. The lowest BCUT2D eigenvalue weighted by Gasteiger charge is -2.25. The highest BCUT2D eigenvalue weighted by atomic mass is 16.4. The van der Waals surface area contributed by atoms with Gasteiger partial charge in [0.2, 0.25) is 5.91 Å². The molecule has 2 rings (SSSR count). The third-order valence-electron chi connectivity index (χ3n) is 4.57. The number of carbonyl (C=O) groups is 2. The van der Waals surface area contributed by atoms with E-state index in [0.29, 0.717) is 12.3 Å². The molecule has 1 aliphatic rings. The van der Waals surface area contributed by atoms with Gasteiger partial charge in [0, 0.05) is 0 Å². The number of carboxylic acid groups (broad SMARTS) is 1. The highest BCUT2D eigenvalue weighted by Gasteiger charge is 2.30. The maximum atomic E-state index is 12.4. The number of rotatable bonds is 6. The van der Waals surface area contributed by atoms with Crippen LogP contribution in [0.3, 0.4) is 0 Å². The first-order valence-electron chi connectivity index (χ1n) is 8.16. The summed E-state index contributed by atoms with van der Waals surface area (Å²) >= 11 is 0. The number of hydrogen-bond donors (Lipinski definition) is 2. The molecule has 0 saturated heterocycles. The van der Waals surface area contributed by atoms with Gasteiger partial charge in [0.25, 0.3) is 0 Å². The lowest BCUT2D eigenvalue weighted by molar-refractivity contribution is -0.148. The second kappa shape index (κ2) is 7.97. The summed E-state index contributed by atoms with van der Waals surface area (Å²) in [6.07, 6.45) is 6.09. The maximum Gasteiger partial charge on any atom is 0.316 e. The average molecular weight is 303 g/mol. The molecule has 4 nitrogen and oxygen atoms in total. The van der Waals surface area contributed by atoms with E-state index in [1.807, 2.05) is 37.3 Å². The molecule has 4 heteroatoms. The number of amides is 1. The van der Waals surface area contributed by atoms with Crippen molar-refractivity contribution in [2.75, 3.05) is 0 Å². The second-order valence-corrected chi connectivity index (χ2v) is 6.27. The Hall–Kier alpha value is -1.84. The van der Waals surface area contributed by atoms with Crippen LogP contribution >= 0.6 is 0 Å². The standard InChI is InChI=1S/C18H25NO3/c1-13(15-10-6-3-7-11-15)19-17(20)16(18(21)22)12-14-8-4-2-5-9-14/h3,6-7,10-11,13-14,16H,2,4-5,8-9,12H2,1H3,(H,19,20)(H,21,22). The molecule has 22 heavy (non-hydrogen) atoms. The summed E-state index contributed by atoms with van der Waals surface area (Å²) in [5, 5.41) is 12.2. The fourth-order valence-corrected chi connectivity index (χ4v) is 3.22. The average Bonchev–Trinajstić information content (AvgIpc) is 2.54. The Morgan fingerprint density at radius 1 is 1.18 bits per heavy atom. The molecule has 0 aromatic heterocycles. The number of nitrogens with one attached hydrogen (secondary N) is 1. The van der Waals surface area contributed by atoms with Crippen molar-refractivity contribution < 1.29 is 14.7 Å². The van der Waals surface area contributed by atoms with Crippen molar-refractivity contribution in [2.24, 2.45) is 11.8 Å². The van der Waals surface area contributed by atoms with Crippen molar-refractivity contribution in [3.63, 3.8) is 0 Å². The fraction of sp³-hybridized carbons (Fsp3) is 0.556. The number of carboxylic acids is 1. The van der Waals surface area contributed by atoms with Crippen LogP contribution in [-0.2, 0) is 9.59 Å². The van der Waals surface area contributed by atoms with E-state index in [1.54, 1.807) is 0 Å². The van der Waals surface area contributed by atoms with Crippen LogP contribution in [0.1, 0.15) is 57.1 Å². The van der Waals surface area contributed by atoms with Crippen molar-refractivity contribution in [2.45, 2.75) is 51.5 Å². The lowest BCUT2D eigenvalue weighted by atomic mass is 9.82. The Balaban J connectivity index is 1.95. The van der Waals surface area contributed by atoms with E-state index in [9.17, 15) is 14.7 Å².